The number of fused-ring (bicyclic) bond motifs is 5. The molecule has 0 spiro atoms. The number of rotatable bonds is 1. The van der Waals surface area contributed by atoms with Gasteiger partial charge in [0.25, 0.3) is 0 Å². The summed E-state index contributed by atoms with van der Waals surface area (Å²) in [5, 5.41) is 13.1. The van der Waals surface area contributed by atoms with E-state index in [2.05, 4.69) is 24.3 Å². The molecule has 0 saturated heterocycles. The number of allylic oxidation sites excluding steroid dienone is 1. The summed E-state index contributed by atoms with van der Waals surface area (Å²) < 4.78 is 0. The van der Waals surface area contributed by atoms with Crippen LogP contribution in [0, 0.1) is 46.3 Å². The normalized spacial score (nSPS) is 48.3. The van der Waals surface area contributed by atoms with E-state index < -0.39 is 5.60 Å². The number of aliphatic hydroxyl groups is 1. The number of carbonyl (C=O) groups is 1. The third-order valence-electron chi connectivity index (χ3n) is 8.27. The third kappa shape index (κ3) is 2.70. The standard InChI is InChI=1S/C22H29ClO2/c1-14(24)19-5-6-20-18-4-3-15-13-22(25,11-12-23)10-8-16(15)17(18)7-9-21(19,20)2/h3,16-20,25H,4-10,13H2,1-2H3/t16-,17+,18+,19+,20-,21+,22-/m0/s1. The molecule has 7 atom stereocenters. The van der Waals surface area contributed by atoms with Crippen molar-refractivity contribution >= 4 is 17.4 Å². The second-order valence-corrected chi connectivity index (χ2v) is 9.50. The van der Waals surface area contributed by atoms with Gasteiger partial charge in [0, 0.05) is 17.7 Å². The van der Waals surface area contributed by atoms with Crippen molar-refractivity contribution in [1.82, 2.24) is 0 Å². The zero-order chi connectivity index (χ0) is 17.8. The quantitative estimate of drug-likeness (QED) is 0.543. The molecular weight excluding hydrogens is 332 g/mol. The lowest BCUT2D eigenvalue weighted by Gasteiger charge is -2.54. The lowest BCUT2D eigenvalue weighted by atomic mass is 9.51. The van der Waals surface area contributed by atoms with Gasteiger partial charge in [-0.1, -0.05) is 24.5 Å². The van der Waals surface area contributed by atoms with Crippen molar-refractivity contribution in [2.24, 2.45) is 35.0 Å². The van der Waals surface area contributed by atoms with Crippen LogP contribution < -0.4 is 0 Å². The van der Waals surface area contributed by atoms with Gasteiger partial charge >= 0.3 is 0 Å². The van der Waals surface area contributed by atoms with Crippen LogP contribution in [-0.4, -0.2) is 16.5 Å². The van der Waals surface area contributed by atoms with Crippen molar-refractivity contribution in [2.75, 3.05) is 0 Å². The fraction of sp³-hybridized carbons (Fsp3) is 0.773. The Morgan fingerprint density at radius 2 is 2.04 bits per heavy atom. The van der Waals surface area contributed by atoms with E-state index >= 15 is 0 Å². The summed E-state index contributed by atoms with van der Waals surface area (Å²) in [6, 6.07) is 0. The minimum absolute atomic E-state index is 0.220. The van der Waals surface area contributed by atoms with Crippen molar-refractivity contribution in [3.63, 3.8) is 0 Å². The molecule has 0 heterocycles. The van der Waals surface area contributed by atoms with E-state index in [9.17, 15) is 9.90 Å². The molecule has 3 fully saturated rings. The van der Waals surface area contributed by atoms with Gasteiger partial charge in [-0.15, -0.1) is 0 Å². The molecule has 0 aromatic rings. The third-order valence-corrected chi connectivity index (χ3v) is 8.37. The molecule has 136 valence electrons. The highest BCUT2D eigenvalue weighted by Crippen LogP contribution is 2.63. The molecule has 0 aliphatic heterocycles. The van der Waals surface area contributed by atoms with E-state index in [-0.39, 0.29) is 11.3 Å². The molecule has 4 aliphatic rings. The van der Waals surface area contributed by atoms with Crippen LogP contribution in [0.4, 0.5) is 0 Å². The van der Waals surface area contributed by atoms with E-state index in [0.717, 1.165) is 37.5 Å². The molecule has 0 amide bonds. The van der Waals surface area contributed by atoms with Gasteiger partial charge in [0.15, 0.2) is 0 Å². The van der Waals surface area contributed by atoms with E-state index in [1.165, 1.54) is 24.8 Å². The highest BCUT2D eigenvalue weighted by molar-refractivity contribution is 6.30. The smallest absolute Gasteiger partial charge is 0.133 e. The van der Waals surface area contributed by atoms with Crippen LogP contribution in [0.1, 0.15) is 65.2 Å². The Labute approximate surface area is 156 Å². The molecule has 0 aromatic carbocycles. The van der Waals surface area contributed by atoms with E-state index in [4.69, 9.17) is 11.6 Å². The first-order chi connectivity index (χ1) is 11.9. The van der Waals surface area contributed by atoms with Gasteiger partial charge < -0.3 is 5.11 Å². The maximum atomic E-state index is 12.2. The first-order valence-electron chi connectivity index (χ1n) is 9.92. The summed E-state index contributed by atoms with van der Waals surface area (Å²) in [5.74, 6) is 6.26. The molecule has 0 radical (unpaired) electrons. The summed E-state index contributed by atoms with van der Waals surface area (Å²) >= 11 is 5.56. The summed E-state index contributed by atoms with van der Waals surface area (Å²) in [6.45, 7) is 4.19. The van der Waals surface area contributed by atoms with Gasteiger partial charge in [0.2, 0.25) is 0 Å². The molecule has 0 bridgehead atoms. The molecule has 0 aromatic heterocycles. The van der Waals surface area contributed by atoms with Crippen LogP contribution in [0.2, 0.25) is 0 Å². The Morgan fingerprint density at radius 3 is 2.76 bits per heavy atom. The summed E-state index contributed by atoms with van der Waals surface area (Å²) in [5.41, 5.74) is 0.713. The highest BCUT2D eigenvalue weighted by Gasteiger charge is 2.57. The molecule has 3 saturated carbocycles. The average molecular weight is 361 g/mol. The van der Waals surface area contributed by atoms with Gasteiger partial charge in [-0.05, 0) is 92.6 Å². The molecule has 4 rings (SSSR count). The Hall–Kier alpha value is -0.780. The Kier molecular flexibility index (Phi) is 4.33. The largest absolute Gasteiger partial charge is 0.377 e. The number of halogens is 1. The molecule has 25 heavy (non-hydrogen) atoms. The molecule has 4 aliphatic carbocycles. The molecular formula is C22H29ClO2. The number of carbonyl (C=O) groups excluding carboxylic acids is 1. The Morgan fingerprint density at radius 1 is 1.24 bits per heavy atom. The predicted molar refractivity (Wildman–Crippen MR) is 99.8 cm³/mol. The number of Topliss-reactive ketones (excluding diaryl/α,β-unsaturated/α-hetero) is 1. The van der Waals surface area contributed by atoms with Gasteiger partial charge in [-0.25, -0.2) is 0 Å². The van der Waals surface area contributed by atoms with E-state index in [1.54, 1.807) is 6.92 Å². The number of hydrogen-bond donors (Lipinski definition) is 1. The summed E-state index contributed by atoms with van der Waals surface area (Å²) in [6.07, 6.45) is 10.7. The Balaban J connectivity index is 1.59. The molecule has 3 heteroatoms. The summed E-state index contributed by atoms with van der Waals surface area (Å²) in [7, 11) is 0. The van der Waals surface area contributed by atoms with Crippen molar-refractivity contribution in [2.45, 2.75) is 70.8 Å². The number of ketones is 1. The fourth-order valence-corrected chi connectivity index (χ4v) is 7.33. The van der Waals surface area contributed by atoms with E-state index in [0.29, 0.717) is 24.0 Å². The minimum Gasteiger partial charge on any atom is -0.377 e. The zero-order valence-electron chi connectivity index (χ0n) is 15.4. The minimum atomic E-state index is -0.923. The van der Waals surface area contributed by atoms with Gasteiger partial charge in [0.05, 0.1) is 0 Å². The zero-order valence-corrected chi connectivity index (χ0v) is 16.1. The lowest BCUT2D eigenvalue weighted by Crippen LogP contribution is -2.48. The van der Waals surface area contributed by atoms with Crippen LogP contribution in [-0.2, 0) is 4.79 Å². The van der Waals surface area contributed by atoms with Crippen molar-refractivity contribution < 1.29 is 9.90 Å². The highest BCUT2D eigenvalue weighted by atomic mass is 35.5. The second kappa shape index (κ2) is 6.14. The summed E-state index contributed by atoms with van der Waals surface area (Å²) in [4.78, 5) is 12.2. The van der Waals surface area contributed by atoms with Crippen molar-refractivity contribution in [3.05, 3.63) is 11.6 Å². The van der Waals surface area contributed by atoms with Crippen LogP contribution >= 0.6 is 11.6 Å². The average Bonchev–Trinajstić information content (AvgIpc) is 2.91. The monoisotopic (exact) mass is 360 g/mol. The van der Waals surface area contributed by atoms with Gasteiger partial charge in [0.1, 0.15) is 11.4 Å². The van der Waals surface area contributed by atoms with Crippen LogP contribution in [0.3, 0.4) is 0 Å². The van der Waals surface area contributed by atoms with Gasteiger partial charge in [-0.2, -0.15) is 0 Å². The van der Waals surface area contributed by atoms with Crippen LogP contribution in [0.25, 0.3) is 0 Å². The van der Waals surface area contributed by atoms with Crippen molar-refractivity contribution in [3.8, 4) is 11.3 Å². The maximum absolute atomic E-state index is 12.2. The molecule has 1 N–H and O–H groups in total. The molecule has 2 nitrogen and oxygen atoms in total. The maximum Gasteiger partial charge on any atom is 0.133 e. The van der Waals surface area contributed by atoms with E-state index in [1.807, 2.05) is 0 Å². The predicted octanol–water partition coefficient (Wildman–Crippen LogP) is 4.70. The fourth-order valence-electron chi connectivity index (χ4n) is 7.15. The SMILES string of the molecule is CC(=O)[C@H]1CC[C@H]2[C@@H]3CC=C4C[C@@](O)(C#CCl)CC[C@@H]4[C@H]3CC[C@]12C. The Bertz CT molecular complexity index is 671. The lowest BCUT2D eigenvalue weighted by molar-refractivity contribution is -0.126. The first kappa shape index (κ1) is 17.6. The second-order valence-electron chi connectivity index (χ2n) is 9.31. The first-order valence-corrected chi connectivity index (χ1v) is 10.3. The van der Waals surface area contributed by atoms with Gasteiger partial charge in [-0.3, -0.25) is 4.79 Å². The number of hydrogen-bond acceptors (Lipinski definition) is 2. The molecule has 0 unspecified atom stereocenters. The van der Waals surface area contributed by atoms with Crippen molar-refractivity contribution in [1.29, 1.82) is 0 Å². The topological polar surface area (TPSA) is 37.3 Å². The van der Waals surface area contributed by atoms with Crippen LogP contribution in [0.5, 0.6) is 0 Å². The van der Waals surface area contributed by atoms with Crippen LogP contribution in [0.15, 0.2) is 11.6 Å².